The Labute approximate surface area is 238 Å². The number of aliphatic hydroxyl groups is 1. The van der Waals surface area contributed by atoms with Crippen LogP contribution in [-0.2, 0) is 30.2 Å². The Bertz CT molecular complexity index is 1370. The van der Waals surface area contributed by atoms with Crippen molar-refractivity contribution in [2.24, 2.45) is 0 Å². The van der Waals surface area contributed by atoms with Crippen molar-refractivity contribution in [3.8, 4) is 5.75 Å². The smallest absolute Gasteiger partial charge is 0.243 e. The summed E-state index contributed by atoms with van der Waals surface area (Å²) < 4.78 is 66.0. The van der Waals surface area contributed by atoms with Crippen LogP contribution in [0.3, 0.4) is 0 Å². The predicted octanol–water partition coefficient (Wildman–Crippen LogP) is 2.23. The molecule has 0 amide bonds. The van der Waals surface area contributed by atoms with Gasteiger partial charge >= 0.3 is 0 Å². The number of benzene rings is 2. The fourth-order valence-corrected chi connectivity index (χ4v) is 7.34. The zero-order valence-corrected chi connectivity index (χ0v) is 25.2. The number of nitrogens with zero attached hydrogens (tertiary/aromatic N) is 1. The molecule has 2 aromatic carbocycles. The number of nitrogens with one attached hydrogen (secondary N) is 2. The number of piperidine rings is 1. The fourth-order valence-electron chi connectivity index (χ4n) is 5.14. The molecule has 12 heteroatoms. The highest BCUT2D eigenvalue weighted by Gasteiger charge is 2.44. The summed E-state index contributed by atoms with van der Waals surface area (Å²) in [4.78, 5) is 0.403. The second-order valence-electron chi connectivity index (χ2n) is 11.6. The highest BCUT2D eigenvalue weighted by Crippen LogP contribution is 2.37. The van der Waals surface area contributed by atoms with Crippen molar-refractivity contribution in [3.63, 3.8) is 0 Å². The SMILES string of the molecule is CNS(=O)(=O)c1cccc(OC[C@@H](O)CNC2COC3(CCN(S(=O)(=O)c4ccc(C(C)(C)C)cc4)CC3)C2)c1. The maximum Gasteiger partial charge on any atom is 0.243 e. The van der Waals surface area contributed by atoms with E-state index in [1.165, 1.54) is 19.2 Å². The molecule has 2 aliphatic heterocycles. The van der Waals surface area contributed by atoms with Gasteiger partial charge in [0.1, 0.15) is 18.5 Å². The Balaban J connectivity index is 1.23. The molecule has 0 radical (unpaired) electrons. The number of ether oxygens (including phenoxy) is 2. The molecule has 0 bridgehead atoms. The van der Waals surface area contributed by atoms with E-state index < -0.39 is 26.2 Å². The van der Waals surface area contributed by atoms with E-state index in [0.717, 1.165) is 12.0 Å². The van der Waals surface area contributed by atoms with Gasteiger partial charge in [0.25, 0.3) is 0 Å². The molecule has 0 aliphatic carbocycles. The fraction of sp³-hybridized carbons (Fsp3) is 0.571. The first kappa shape index (κ1) is 30.9. The van der Waals surface area contributed by atoms with E-state index >= 15 is 0 Å². The summed E-state index contributed by atoms with van der Waals surface area (Å²) in [5, 5.41) is 13.7. The maximum absolute atomic E-state index is 13.2. The van der Waals surface area contributed by atoms with E-state index in [2.05, 4.69) is 30.8 Å². The number of sulfonamides is 2. The van der Waals surface area contributed by atoms with Gasteiger partial charge in [-0.3, -0.25) is 0 Å². The summed E-state index contributed by atoms with van der Waals surface area (Å²) in [6.45, 7) is 7.85. The van der Waals surface area contributed by atoms with Gasteiger partial charge in [-0.1, -0.05) is 39.0 Å². The van der Waals surface area contributed by atoms with Crippen molar-refractivity contribution >= 4 is 20.0 Å². The molecule has 2 aromatic rings. The van der Waals surface area contributed by atoms with E-state index in [9.17, 15) is 21.9 Å². The van der Waals surface area contributed by atoms with Gasteiger partial charge in [0.2, 0.25) is 20.0 Å². The summed E-state index contributed by atoms with van der Waals surface area (Å²) in [5.74, 6) is 0.352. The summed E-state index contributed by atoms with van der Waals surface area (Å²) in [6.07, 6.45) is 1.15. The second-order valence-corrected chi connectivity index (χ2v) is 15.5. The lowest BCUT2D eigenvalue weighted by atomic mass is 9.87. The minimum absolute atomic E-state index is 0.00166. The van der Waals surface area contributed by atoms with Crippen molar-refractivity contribution in [2.75, 3.05) is 39.9 Å². The van der Waals surface area contributed by atoms with E-state index in [4.69, 9.17) is 9.47 Å². The van der Waals surface area contributed by atoms with Crippen LogP contribution in [0.4, 0.5) is 0 Å². The van der Waals surface area contributed by atoms with Gasteiger partial charge in [0, 0.05) is 31.7 Å². The van der Waals surface area contributed by atoms with E-state index in [1.807, 2.05) is 12.1 Å². The minimum atomic E-state index is -3.58. The van der Waals surface area contributed by atoms with Crippen LogP contribution in [0, 0.1) is 0 Å². The van der Waals surface area contributed by atoms with Crippen molar-refractivity contribution in [2.45, 2.75) is 73.0 Å². The molecular formula is C28H41N3O7S2. The van der Waals surface area contributed by atoms with Gasteiger partial charge in [-0.15, -0.1) is 0 Å². The zero-order valence-electron chi connectivity index (χ0n) is 23.6. The minimum Gasteiger partial charge on any atom is -0.491 e. The number of rotatable bonds is 10. The molecule has 1 spiro atoms. The summed E-state index contributed by atoms with van der Waals surface area (Å²) in [6, 6.07) is 13.3. The summed E-state index contributed by atoms with van der Waals surface area (Å²) in [5.41, 5.74) is 0.671. The van der Waals surface area contributed by atoms with E-state index in [1.54, 1.807) is 28.6 Å². The molecule has 3 N–H and O–H groups in total. The second kappa shape index (κ2) is 12.0. The number of hydrogen-bond acceptors (Lipinski definition) is 8. The molecule has 2 saturated heterocycles. The molecule has 0 aromatic heterocycles. The summed E-state index contributed by atoms with van der Waals surface area (Å²) >= 11 is 0. The van der Waals surface area contributed by atoms with Gasteiger partial charge in [-0.2, -0.15) is 4.31 Å². The average molecular weight is 596 g/mol. The van der Waals surface area contributed by atoms with Crippen LogP contribution in [0.25, 0.3) is 0 Å². The Hall–Kier alpha value is -2.06. The quantitative estimate of drug-likeness (QED) is 0.381. The van der Waals surface area contributed by atoms with Crippen LogP contribution in [0.1, 0.15) is 45.6 Å². The lowest BCUT2D eigenvalue weighted by molar-refractivity contribution is -0.0312. The molecule has 222 valence electrons. The molecule has 2 aliphatic rings. The van der Waals surface area contributed by atoms with Gasteiger partial charge in [-0.05, 0) is 61.6 Å². The van der Waals surface area contributed by atoms with Crippen molar-refractivity contribution in [3.05, 3.63) is 54.1 Å². The Morgan fingerprint density at radius 3 is 2.38 bits per heavy atom. The van der Waals surface area contributed by atoms with Crippen molar-refractivity contribution in [1.82, 2.24) is 14.3 Å². The van der Waals surface area contributed by atoms with Gasteiger partial charge in [-0.25, -0.2) is 21.6 Å². The highest BCUT2D eigenvalue weighted by atomic mass is 32.2. The van der Waals surface area contributed by atoms with Gasteiger partial charge in [0.15, 0.2) is 0 Å². The third-order valence-electron chi connectivity index (χ3n) is 7.67. The van der Waals surface area contributed by atoms with Crippen LogP contribution < -0.4 is 14.8 Å². The molecule has 4 rings (SSSR count). The lowest BCUT2D eigenvalue weighted by Crippen LogP contribution is -2.47. The van der Waals surface area contributed by atoms with Crippen LogP contribution in [0.5, 0.6) is 5.75 Å². The topological polar surface area (TPSA) is 134 Å². The zero-order chi connectivity index (χ0) is 29.2. The highest BCUT2D eigenvalue weighted by molar-refractivity contribution is 7.89. The van der Waals surface area contributed by atoms with Gasteiger partial charge < -0.3 is 19.9 Å². The van der Waals surface area contributed by atoms with Crippen LogP contribution in [-0.4, -0.2) is 83.9 Å². The van der Waals surface area contributed by atoms with E-state index in [-0.39, 0.29) is 35.1 Å². The van der Waals surface area contributed by atoms with Crippen LogP contribution in [0.2, 0.25) is 0 Å². The molecular weight excluding hydrogens is 554 g/mol. The largest absolute Gasteiger partial charge is 0.491 e. The molecule has 0 saturated carbocycles. The average Bonchev–Trinajstić information content (AvgIpc) is 3.32. The monoisotopic (exact) mass is 595 g/mol. The molecule has 2 heterocycles. The first-order chi connectivity index (χ1) is 18.7. The standard InChI is InChI=1S/C28H41N3O7S2/c1-27(2,3)21-8-10-25(11-9-21)40(35,36)31-14-12-28(13-15-31)17-22(19-38-28)30-18-23(32)20-37-24-6-5-7-26(16-24)39(33,34)29-4/h5-11,16,22-23,29-30,32H,12-15,17-20H2,1-4H3/t22?,23-/m0/s1. The third kappa shape index (κ3) is 7.22. The number of aliphatic hydroxyl groups excluding tert-OH is 1. The van der Waals surface area contributed by atoms with Crippen molar-refractivity contribution < 1.29 is 31.4 Å². The maximum atomic E-state index is 13.2. The molecule has 2 atom stereocenters. The molecule has 2 fully saturated rings. The first-order valence-corrected chi connectivity index (χ1v) is 16.5. The van der Waals surface area contributed by atoms with Crippen LogP contribution in [0.15, 0.2) is 58.3 Å². The first-order valence-electron chi connectivity index (χ1n) is 13.6. The molecule has 10 nitrogen and oxygen atoms in total. The summed E-state index contributed by atoms with van der Waals surface area (Å²) in [7, 11) is -5.81. The van der Waals surface area contributed by atoms with Crippen LogP contribution >= 0.6 is 0 Å². The normalized spacial score (nSPS) is 21.0. The number of hydrogen-bond donors (Lipinski definition) is 3. The third-order valence-corrected chi connectivity index (χ3v) is 11.0. The van der Waals surface area contributed by atoms with Gasteiger partial charge in [0.05, 0.1) is 22.0 Å². The Morgan fingerprint density at radius 2 is 1.75 bits per heavy atom. The van der Waals surface area contributed by atoms with Crippen molar-refractivity contribution in [1.29, 1.82) is 0 Å². The molecule has 40 heavy (non-hydrogen) atoms. The van der Waals surface area contributed by atoms with E-state index in [0.29, 0.717) is 43.2 Å². The predicted molar refractivity (Wildman–Crippen MR) is 152 cm³/mol. The lowest BCUT2D eigenvalue weighted by Gasteiger charge is -2.38. The Morgan fingerprint density at radius 1 is 1.07 bits per heavy atom. The Kier molecular flexibility index (Phi) is 9.30. The molecule has 1 unspecified atom stereocenters.